The fourth-order valence-corrected chi connectivity index (χ4v) is 4.79. The van der Waals surface area contributed by atoms with Gasteiger partial charge in [-0.05, 0) is 52.3 Å². The van der Waals surface area contributed by atoms with Crippen LogP contribution in [0.2, 0.25) is 5.02 Å². The zero-order valence-electron chi connectivity index (χ0n) is 18.5. The molecule has 32 heavy (non-hydrogen) atoms. The third kappa shape index (κ3) is 5.36. The first-order chi connectivity index (χ1) is 15.2. The number of anilines is 1. The van der Waals surface area contributed by atoms with E-state index in [0.717, 1.165) is 17.8 Å². The van der Waals surface area contributed by atoms with Crippen molar-refractivity contribution in [2.75, 3.05) is 18.5 Å². The Hall–Kier alpha value is -2.29. The van der Waals surface area contributed by atoms with Gasteiger partial charge in [-0.2, -0.15) is 0 Å². The molecular weight excluding hydrogens is 451 g/mol. The molecule has 3 heterocycles. The molecular formula is C23H26ClFN4O2S. The van der Waals surface area contributed by atoms with Crippen molar-refractivity contribution >= 4 is 28.8 Å². The number of ether oxygens (including phenoxy) is 2. The van der Waals surface area contributed by atoms with E-state index >= 15 is 0 Å². The van der Waals surface area contributed by atoms with E-state index in [9.17, 15) is 4.39 Å². The van der Waals surface area contributed by atoms with Crippen molar-refractivity contribution < 1.29 is 13.9 Å². The standard InChI is InChI=1S/C23H26ClFN4O2S/c1-13(2)27-20-6-5-15(10-26-20)21-28-29-22(32-21)16-7-18(25)19(8-17(16)24)30-11-14-9-23(3,4)31-12-14/h5-8,10,13-14H,9,11-12H2,1-4H3,(H,26,27). The Morgan fingerprint density at radius 2 is 2.06 bits per heavy atom. The molecule has 0 bridgehead atoms. The SMILES string of the molecule is CC(C)Nc1ccc(-c2nnc(-c3cc(F)c(OCC4COC(C)(C)C4)cc3Cl)s2)cn1. The zero-order chi connectivity index (χ0) is 22.9. The first-order valence-electron chi connectivity index (χ1n) is 10.5. The van der Waals surface area contributed by atoms with Gasteiger partial charge >= 0.3 is 0 Å². The number of rotatable bonds is 7. The second kappa shape index (κ2) is 9.29. The number of aromatic nitrogens is 3. The zero-order valence-corrected chi connectivity index (χ0v) is 20.1. The first-order valence-corrected chi connectivity index (χ1v) is 11.7. The lowest BCUT2D eigenvalue weighted by molar-refractivity contribution is 0.0340. The summed E-state index contributed by atoms with van der Waals surface area (Å²) in [5.74, 6) is 0.668. The molecule has 9 heteroatoms. The highest BCUT2D eigenvalue weighted by Gasteiger charge is 2.32. The molecule has 0 spiro atoms. The lowest BCUT2D eigenvalue weighted by atomic mass is 9.99. The van der Waals surface area contributed by atoms with Crippen molar-refractivity contribution in [3.63, 3.8) is 0 Å². The van der Waals surface area contributed by atoms with Crippen molar-refractivity contribution in [3.05, 3.63) is 41.3 Å². The molecule has 1 atom stereocenters. The Bertz CT molecular complexity index is 1090. The average Bonchev–Trinajstić information content (AvgIpc) is 3.35. The van der Waals surface area contributed by atoms with Gasteiger partial charge in [0.05, 0.1) is 23.8 Å². The number of nitrogens with zero attached hydrogens (tertiary/aromatic N) is 3. The van der Waals surface area contributed by atoms with E-state index in [2.05, 4.69) is 34.3 Å². The van der Waals surface area contributed by atoms with Crippen LogP contribution in [-0.4, -0.2) is 40.0 Å². The molecule has 1 saturated heterocycles. The van der Waals surface area contributed by atoms with Crippen LogP contribution in [0, 0.1) is 11.7 Å². The van der Waals surface area contributed by atoms with Crippen molar-refractivity contribution in [2.45, 2.75) is 45.8 Å². The van der Waals surface area contributed by atoms with Gasteiger partial charge in [0.25, 0.3) is 0 Å². The summed E-state index contributed by atoms with van der Waals surface area (Å²) in [5, 5.41) is 13.3. The van der Waals surface area contributed by atoms with Gasteiger partial charge in [0.1, 0.15) is 15.8 Å². The lowest BCUT2D eigenvalue weighted by Gasteiger charge is -2.16. The monoisotopic (exact) mass is 476 g/mol. The highest BCUT2D eigenvalue weighted by Crippen LogP contribution is 2.37. The maximum Gasteiger partial charge on any atom is 0.165 e. The van der Waals surface area contributed by atoms with E-state index in [0.29, 0.717) is 39.9 Å². The molecule has 0 amide bonds. The topological polar surface area (TPSA) is 69.2 Å². The number of pyridine rings is 1. The van der Waals surface area contributed by atoms with Gasteiger partial charge in [0.2, 0.25) is 0 Å². The van der Waals surface area contributed by atoms with E-state index in [-0.39, 0.29) is 17.3 Å². The van der Waals surface area contributed by atoms with E-state index in [1.54, 1.807) is 6.20 Å². The van der Waals surface area contributed by atoms with E-state index < -0.39 is 5.82 Å². The van der Waals surface area contributed by atoms with Crippen molar-refractivity contribution in [1.29, 1.82) is 0 Å². The Morgan fingerprint density at radius 3 is 2.72 bits per heavy atom. The minimum absolute atomic E-state index is 0.130. The molecule has 1 aromatic carbocycles. The van der Waals surface area contributed by atoms with Crippen molar-refractivity contribution in [2.24, 2.45) is 5.92 Å². The second-order valence-electron chi connectivity index (χ2n) is 8.86. The third-order valence-electron chi connectivity index (χ3n) is 5.09. The quantitative estimate of drug-likeness (QED) is 0.446. The maximum absolute atomic E-state index is 14.7. The maximum atomic E-state index is 14.7. The molecule has 0 aliphatic carbocycles. The normalized spacial score (nSPS) is 17.7. The Balaban J connectivity index is 1.47. The Morgan fingerprint density at radius 1 is 1.28 bits per heavy atom. The van der Waals surface area contributed by atoms with Gasteiger partial charge in [-0.3, -0.25) is 0 Å². The summed E-state index contributed by atoms with van der Waals surface area (Å²) >= 11 is 7.78. The van der Waals surface area contributed by atoms with E-state index in [1.165, 1.54) is 23.5 Å². The second-order valence-corrected chi connectivity index (χ2v) is 10.2. The largest absolute Gasteiger partial charge is 0.490 e. The number of hydrogen-bond acceptors (Lipinski definition) is 7. The predicted octanol–water partition coefficient (Wildman–Crippen LogP) is 6.07. The number of benzene rings is 1. The van der Waals surface area contributed by atoms with Crippen LogP contribution >= 0.6 is 22.9 Å². The molecule has 1 aliphatic heterocycles. The molecule has 1 aliphatic rings. The van der Waals surface area contributed by atoms with Gasteiger partial charge in [0.15, 0.2) is 11.6 Å². The fourth-order valence-electron chi connectivity index (χ4n) is 3.62. The van der Waals surface area contributed by atoms with Crippen LogP contribution in [0.5, 0.6) is 5.75 Å². The predicted molar refractivity (Wildman–Crippen MR) is 126 cm³/mol. The minimum Gasteiger partial charge on any atom is -0.490 e. The van der Waals surface area contributed by atoms with E-state index in [4.69, 9.17) is 21.1 Å². The molecule has 0 saturated carbocycles. The lowest BCUT2D eigenvalue weighted by Crippen LogP contribution is -2.18. The number of hydrogen-bond donors (Lipinski definition) is 1. The smallest absolute Gasteiger partial charge is 0.165 e. The number of nitrogens with one attached hydrogen (secondary N) is 1. The minimum atomic E-state index is -0.481. The summed E-state index contributed by atoms with van der Waals surface area (Å²) in [6, 6.07) is 6.97. The molecule has 1 fully saturated rings. The third-order valence-corrected chi connectivity index (χ3v) is 6.41. The summed E-state index contributed by atoms with van der Waals surface area (Å²) in [7, 11) is 0. The molecule has 2 aromatic heterocycles. The fraction of sp³-hybridized carbons (Fsp3) is 0.435. The molecule has 170 valence electrons. The van der Waals surface area contributed by atoms with Crippen LogP contribution in [0.25, 0.3) is 21.1 Å². The van der Waals surface area contributed by atoms with Crippen LogP contribution < -0.4 is 10.1 Å². The Labute approximate surface area is 196 Å². The van der Waals surface area contributed by atoms with Crippen LogP contribution in [0.1, 0.15) is 34.1 Å². The van der Waals surface area contributed by atoms with Crippen LogP contribution in [-0.2, 0) is 4.74 Å². The number of halogens is 2. The van der Waals surface area contributed by atoms with Gasteiger partial charge in [-0.25, -0.2) is 9.37 Å². The van der Waals surface area contributed by atoms with Gasteiger partial charge in [-0.1, -0.05) is 22.9 Å². The van der Waals surface area contributed by atoms with Crippen molar-refractivity contribution in [1.82, 2.24) is 15.2 Å². The summed E-state index contributed by atoms with van der Waals surface area (Å²) in [6.45, 7) is 9.18. The van der Waals surface area contributed by atoms with Crippen LogP contribution in [0.15, 0.2) is 30.5 Å². The molecule has 0 radical (unpaired) electrons. The van der Waals surface area contributed by atoms with Gasteiger partial charge < -0.3 is 14.8 Å². The summed E-state index contributed by atoms with van der Waals surface area (Å²) in [6.07, 6.45) is 2.61. The molecule has 6 nitrogen and oxygen atoms in total. The highest BCUT2D eigenvalue weighted by molar-refractivity contribution is 7.18. The van der Waals surface area contributed by atoms with E-state index in [1.807, 2.05) is 26.0 Å². The first kappa shape index (κ1) is 22.9. The molecule has 1 unspecified atom stereocenters. The van der Waals surface area contributed by atoms with Crippen LogP contribution in [0.3, 0.4) is 0 Å². The van der Waals surface area contributed by atoms with Gasteiger partial charge in [0, 0.05) is 35.3 Å². The van der Waals surface area contributed by atoms with Crippen molar-refractivity contribution in [3.8, 4) is 26.9 Å². The summed E-state index contributed by atoms with van der Waals surface area (Å²) < 4.78 is 26.2. The van der Waals surface area contributed by atoms with Crippen LogP contribution in [0.4, 0.5) is 10.2 Å². The molecule has 3 aromatic rings. The Kier molecular flexibility index (Phi) is 6.65. The highest BCUT2D eigenvalue weighted by atomic mass is 35.5. The van der Waals surface area contributed by atoms with Gasteiger partial charge in [-0.15, -0.1) is 10.2 Å². The molecule has 1 N–H and O–H groups in total. The summed E-state index contributed by atoms with van der Waals surface area (Å²) in [4.78, 5) is 4.40. The molecule has 4 rings (SSSR count). The average molecular weight is 477 g/mol. The summed E-state index contributed by atoms with van der Waals surface area (Å²) in [5.41, 5.74) is 1.16.